The second-order valence-electron chi connectivity index (χ2n) is 1.20. The molecule has 0 amide bonds. The fourth-order valence-corrected chi connectivity index (χ4v) is 0.494. The molecule has 0 bridgehead atoms. The second-order valence-corrected chi connectivity index (χ2v) is 2.60. The van der Waals surface area contributed by atoms with Gasteiger partial charge in [0.1, 0.15) is 0 Å². The molecule has 0 aliphatic rings. The number of halogens is 3. The Kier molecular flexibility index (Phi) is 4.30. The molecule has 0 rings (SSSR count). The Morgan fingerprint density at radius 2 is 2.14 bits per heavy atom. The van der Waals surface area contributed by atoms with Gasteiger partial charge >= 0.3 is 0 Å². The molecule has 0 aromatic carbocycles. The lowest BCUT2D eigenvalue weighted by Crippen LogP contribution is -2.01. The molecule has 1 radical (unpaired) electrons. The molecular formula is C4H6Cl3. The fraction of sp³-hybridized carbons (Fsp3) is 0.750. The topological polar surface area (TPSA) is 0 Å². The summed E-state index contributed by atoms with van der Waals surface area (Å²) in [6, 6.07) is 0. The van der Waals surface area contributed by atoms with Gasteiger partial charge in [-0.15, -0.1) is 34.8 Å². The quantitative estimate of drug-likeness (QED) is 0.545. The van der Waals surface area contributed by atoms with E-state index in [0.717, 1.165) is 0 Å². The Labute approximate surface area is 58.7 Å². The van der Waals surface area contributed by atoms with E-state index in [-0.39, 0.29) is 5.38 Å². The molecular weight excluding hydrogens is 154 g/mol. The molecule has 7 heavy (non-hydrogen) atoms. The van der Waals surface area contributed by atoms with E-state index < -0.39 is 0 Å². The summed E-state index contributed by atoms with van der Waals surface area (Å²) in [7, 11) is 0. The number of hydrogen-bond donors (Lipinski definition) is 0. The maximum Gasteiger partial charge on any atom is 0.0958 e. The zero-order chi connectivity index (χ0) is 5.86. The van der Waals surface area contributed by atoms with Crippen molar-refractivity contribution in [1.82, 2.24) is 0 Å². The molecule has 0 aliphatic heterocycles. The first kappa shape index (κ1) is 7.87. The average molecular weight is 160 g/mol. The summed E-state index contributed by atoms with van der Waals surface area (Å²) >= 11 is 16.2. The van der Waals surface area contributed by atoms with Crippen LogP contribution in [-0.2, 0) is 0 Å². The van der Waals surface area contributed by atoms with E-state index in [1.54, 1.807) is 6.92 Å². The van der Waals surface area contributed by atoms with Crippen LogP contribution in [0.1, 0.15) is 6.92 Å². The molecule has 0 saturated heterocycles. The summed E-state index contributed by atoms with van der Waals surface area (Å²) in [5.74, 6) is 0.340. The van der Waals surface area contributed by atoms with Gasteiger partial charge in [0.15, 0.2) is 0 Å². The van der Waals surface area contributed by atoms with Crippen molar-refractivity contribution in [3.8, 4) is 0 Å². The molecule has 0 N–H and O–H groups in total. The minimum Gasteiger partial charge on any atom is -0.125 e. The fourth-order valence-electron chi connectivity index (χ4n) is 0.106. The minimum atomic E-state index is -0.112. The van der Waals surface area contributed by atoms with Gasteiger partial charge in [-0.3, -0.25) is 0 Å². The van der Waals surface area contributed by atoms with Crippen LogP contribution in [0.5, 0.6) is 0 Å². The van der Waals surface area contributed by atoms with Crippen LogP contribution in [0.25, 0.3) is 0 Å². The molecule has 0 spiro atoms. The summed E-state index contributed by atoms with van der Waals surface area (Å²) in [6.45, 7) is 1.78. The molecule has 0 aliphatic carbocycles. The molecule has 1 atom stereocenters. The maximum absolute atomic E-state index is 5.47. The monoisotopic (exact) mass is 159 g/mol. The molecule has 1 unspecified atom stereocenters. The first-order valence-electron chi connectivity index (χ1n) is 1.89. The van der Waals surface area contributed by atoms with Crippen LogP contribution in [0.15, 0.2) is 0 Å². The van der Waals surface area contributed by atoms with Gasteiger partial charge < -0.3 is 0 Å². The van der Waals surface area contributed by atoms with Crippen molar-refractivity contribution in [2.75, 3.05) is 5.88 Å². The van der Waals surface area contributed by atoms with Crippen LogP contribution in [0.3, 0.4) is 0 Å². The number of rotatable bonds is 2. The number of alkyl halides is 2. The first-order valence-corrected chi connectivity index (χ1v) is 3.24. The van der Waals surface area contributed by atoms with E-state index in [1.165, 1.54) is 0 Å². The van der Waals surface area contributed by atoms with E-state index in [2.05, 4.69) is 0 Å². The van der Waals surface area contributed by atoms with Gasteiger partial charge in [-0.25, -0.2) is 0 Å². The third-order valence-corrected chi connectivity index (χ3v) is 1.82. The van der Waals surface area contributed by atoms with E-state index in [1.807, 2.05) is 0 Å². The Balaban J connectivity index is 3.14. The Bertz CT molecular complexity index is 44.2. The van der Waals surface area contributed by atoms with Crippen LogP contribution < -0.4 is 0 Å². The van der Waals surface area contributed by atoms with E-state index in [4.69, 9.17) is 34.8 Å². The molecule has 43 valence electrons. The highest BCUT2D eigenvalue weighted by atomic mass is 35.5. The second kappa shape index (κ2) is 3.82. The van der Waals surface area contributed by atoms with E-state index in [9.17, 15) is 0 Å². The van der Waals surface area contributed by atoms with Gasteiger partial charge in [-0.1, -0.05) is 0 Å². The van der Waals surface area contributed by atoms with Gasteiger partial charge in [-0.05, 0) is 6.92 Å². The van der Waals surface area contributed by atoms with Crippen molar-refractivity contribution < 1.29 is 0 Å². The largest absolute Gasteiger partial charge is 0.125 e. The molecule has 0 fully saturated rings. The van der Waals surface area contributed by atoms with Crippen LogP contribution in [0, 0.1) is 5.38 Å². The standard InChI is InChI=1S/C4H6Cl3/c1-3(6)4(7)2-5/h3H,2H2,1H3. The summed E-state index contributed by atoms with van der Waals surface area (Å²) in [5.41, 5.74) is 0. The highest BCUT2D eigenvalue weighted by molar-refractivity contribution is 6.38. The van der Waals surface area contributed by atoms with Crippen molar-refractivity contribution in [1.29, 1.82) is 0 Å². The zero-order valence-corrected chi connectivity index (χ0v) is 6.19. The normalized spacial score (nSPS) is 15.0. The van der Waals surface area contributed by atoms with Crippen molar-refractivity contribution in [2.24, 2.45) is 0 Å². The van der Waals surface area contributed by atoms with Crippen LogP contribution in [-0.4, -0.2) is 11.3 Å². The average Bonchev–Trinajstić information content (AvgIpc) is 1.65. The first-order chi connectivity index (χ1) is 3.18. The van der Waals surface area contributed by atoms with E-state index >= 15 is 0 Å². The summed E-state index contributed by atoms with van der Waals surface area (Å²) in [4.78, 5) is 0. The van der Waals surface area contributed by atoms with Gasteiger partial charge in [0.05, 0.1) is 10.8 Å². The third-order valence-electron chi connectivity index (χ3n) is 0.559. The van der Waals surface area contributed by atoms with Gasteiger partial charge in [-0.2, -0.15) is 0 Å². The molecule has 3 heteroatoms. The number of hydrogen-bond acceptors (Lipinski definition) is 0. The molecule has 0 heterocycles. The van der Waals surface area contributed by atoms with Crippen molar-refractivity contribution in [2.45, 2.75) is 12.3 Å². The zero-order valence-electron chi connectivity index (χ0n) is 3.92. The lowest BCUT2D eigenvalue weighted by Gasteiger charge is -2.03. The van der Waals surface area contributed by atoms with Crippen molar-refractivity contribution >= 4 is 34.8 Å². The van der Waals surface area contributed by atoms with Crippen LogP contribution in [0.4, 0.5) is 0 Å². The minimum absolute atomic E-state index is 0.112. The molecule has 0 saturated carbocycles. The summed E-state index contributed by atoms with van der Waals surface area (Å²) in [5, 5.41) is 0.488. The Morgan fingerprint density at radius 1 is 1.71 bits per heavy atom. The van der Waals surface area contributed by atoms with Gasteiger partial charge in [0.2, 0.25) is 0 Å². The third kappa shape index (κ3) is 3.45. The van der Waals surface area contributed by atoms with E-state index in [0.29, 0.717) is 11.3 Å². The van der Waals surface area contributed by atoms with Crippen molar-refractivity contribution in [3.63, 3.8) is 0 Å². The lowest BCUT2D eigenvalue weighted by atomic mass is 10.4. The van der Waals surface area contributed by atoms with Gasteiger partial charge in [0.25, 0.3) is 0 Å². The summed E-state index contributed by atoms with van der Waals surface area (Å²) < 4.78 is 0. The highest BCUT2D eigenvalue weighted by Gasteiger charge is 2.09. The van der Waals surface area contributed by atoms with Crippen LogP contribution in [0.2, 0.25) is 0 Å². The maximum atomic E-state index is 5.47. The Morgan fingerprint density at radius 3 is 2.14 bits per heavy atom. The predicted molar refractivity (Wildman–Crippen MR) is 35.1 cm³/mol. The van der Waals surface area contributed by atoms with Crippen molar-refractivity contribution in [3.05, 3.63) is 5.38 Å². The summed E-state index contributed by atoms with van der Waals surface area (Å²) in [6.07, 6.45) is 0. The molecule has 0 nitrogen and oxygen atoms in total. The highest BCUT2D eigenvalue weighted by Crippen LogP contribution is 2.17. The SMILES string of the molecule is CC(Cl)[C](Cl)CCl. The lowest BCUT2D eigenvalue weighted by molar-refractivity contribution is 1.06. The molecule has 0 aromatic heterocycles. The van der Waals surface area contributed by atoms with Crippen LogP contribution >= 0.6 is 34.8 Å². The Hall–Kier alpha value is 0.870. The molecule has 0 aromatic rings. The predicted octanol–water partition coefficient (Wildman–Crippen LogP) is 2.62. The van der Waals surface area contributed by atoms with Gasteiger partial charge in [0, 0.05) is 5.88 Å². The smallest absolute Gasteiger partial charge is 0.0958 e.